The summed E-state index contributed by atoms with van der Waals surface area (Å²) in [4.78, 5) is 24.1. The van der Waals surface area contributed by atoms with E-state index < -0.39 is 11.5 Å². The number of hydrogen-bond acceptors (Lipinski definition) is 3. The van der Waals surface area contributed by atoms with Crippen LogP contribution in [0.5, 0.6) is 0 Å². The summed E-state index contributed by atoms with van der Waals surface area (Å²) < 4.78 is 6.06. The zero-order valence-electron chi connectivity index (χ0n) is 9.37. The molecule has 1 heterocycles. The van der Waals surface area contributed by atoms with Gasteiger partial charge in [-0.3, -0.25) is 9.59 Å². The van der Waals surface area contributed by atoms with Crippen molar-refractivity contribution in [3.8, 4) is 0 Å². The Balaban J connectivity index is 2.19. The Labute approximate surface area is 102 Å². The van der Waals surface area contributed by atoms with E-state index in [1.807, 2.05) is 0 Å². The third kappa shape index (κ3) is 1.55. The summed E-state index contributed by atoms with van der Waals surface area (Å²) in [7, 11) is 0. The minimum atomic E-state index is -0.461. The Morgan fingerprint density at radius 2 is 1.61 bits per heavy atom. The van der Waals surface area contributed by atoms with Crippen LogP contribution in [0.3, 0.4) is 0 Å². The monoisotopic (exact) mass is 239 g/mol. The van der Waals surface area contributed by atoms with Crippen molar-refractivity contribution < 1.29 is 9.32 Å². The highest BCUT2D eigenvalue weighted by Crippen LogP contribution is 2.11. The van der Waals surface area contributed by atoms with Crippen LogP contribution >= 0.6 is 0 Å². The Hall–Kier alpha value is -2.62. The number of carbonyl (C=O) groups excluding carboxylic acids is 1. The van der Waals surface area contributed by atoms with Crippen molar-refractivity contribution in [1.82, 2.24) is 4.74 Å². The second-order valence-electron chi connectivity index (χ2n) is 3.86. The fourth-order valence-corrected chi connectivity index (χ4v) is 1.80. The van der Waals surface area contributed by atoms with Crippen molar-refractivity contribution in [2.75, 3.05) is 0 Å². The van der Waals surface area contributed by atoms with Crippen LogP contribution in [0.1, 0.15) is 10.4 Å². The van der Waals surface area contributed by atoms with E-state index in [0.717, 1.165) is 4.74 Å². The lowest BCUT2D eigenvalue weighted by molar-refractivity contribution is 0.0851. The average molecular weight is 239 g/mol. The molecule has 2 aromatic carbocycles. The predicted molar refractivity (Wildman–Crippen MR) is 66.6 cm³/mol. The van der Waals surface area contributed by atoms with E-state index >= 15 is 0 Å². The molecule has 0 saturated heterocycles. The molecule has 0 fully saturated rings. The molecule has 0 spiro atoms. The van der Waals surface area contributed by atoms with Crippen LogP contribution in [0.2, 0.25) is 0 Å². The molecule has 0 saturated carbocycles. The first-order chi connectivity index (χ1) is 8.77. The fourth-order valence-electron chi connectivity index (χ4n) is 1.80. The van der Waals surface area contributed by atoms with Gasteiger partial charge >= 0.3 is 0 Å². The lowest BCUT2D eigenvalue weighted by atomic mass is 10.2. The molecular weight excluding hydrogens is 230 g/mol. The van der Waals surface area contributed by atoms with Crippen molar-refractivity contribution in [1.29, 1.82) is 0 Å². The minimum Gasteiger partial charge on any atom is -0.368 e. The van der Waals surface area contributed by atoms with Crippen LogP contribution in [0.25, 0.3) is 11.0 Å². The second kappa shape index (κ2) is 4.00. The zero-order chi connectivity index (χ0) is 12.5. The first-order valence-electron chi connectivity index (χ1n) is 5.48. The number of para-hydroxylation sites is 1. The molecule has 88 valence electrons. The maximum atomic E-state index is 12.1. The van der Waals surface area contributed by atoms with Gasteiger partial charge in [0.1, 0.15) is 0 Å². The topological polar surface area (TPSA) is 52.2 Å². The summed E-state index contributed by atoms with van der Waals surface area (Å²) >= 11 is 0. The van der Waals surface area contributed by atoms with Crippen LogP contribution < -0.4 is 5.56 Å². The van der Waals surface area contributed by atoms with Gasteiger partial charge in [-0.1, -0.05) is 35.1 Å². The smallest absolute Gasteiger partial charge is 0.298 e. The number of fused-ring (bicyclic) bond motifs is 1. The molecule has 4 heteroatoms. The fraction of sp³-hybridized carbons (Fsp3) is 0. The maximum Gasteiger partial charge on any atom is 0.298 e. The quantitative estimate of drug-likeness (QED) is 0.654. The van der Waals surface area contributed by atoms with Crippen LogP contribution in [0.4, 0.5) is 0 Å². The molecule has 18 heavy (non-hydrogen) atoms. The SMILES string of the molecule is O=C(c1ccccc1)n1oc2ccccc2c1=O. The lowest BCUT2D eigenvalue weighted by Gasteiger charge is -1.97. The maximum absolute atomic E-state index is 12.1. The van der Waals surface area contributed by atoms with Crippen molar-refractivity contribution in [2.45, 2.75) is 0 Å². The van der Waals surface area contributed by atoms with Gasteiger partial charge in [0, 0.05) is 5.56 Å². The first kappa shape index (κ1) is 10.5. The normalized spacial score (nSPS) is 10.7. The molecule has 3 aromatic rings. The van der Waals surface area contributed by atoms with E-state index in [0.29, 0.717) is 16.5 Å². The Morgan fingerprint density at radius 1 is 0.944 bits per heavy atom. The molecular formula is C14H9NO3. The second-order valence-corrected chi connectivity index (χ2v) is 3.86. The summed E-state index contributed by atoms with van der Waals surface area (Å²) in [5, 5.41) is 0.404. The van der Waals surface area contributed by atoms with Gasteiger partial charge in [-0.15, -0.1) is 0 Å². The molecule has 4 nitrogen and oxygen atoms in total. The van der Waals surface area contributed by atoms with E-state index in [1.54, 1.807) is 54.6 Å². The largest absolute Gasteiger partial charge is 0.368 e. The van der Waals surface area contributed by atoms with E-state index in [-0.39, 0.29) is 0 Å². The number of hydrogen-bond donors (Lipinski definition) is 0. The van der Waals surface area contributed by atoms with Gasteiger partial charge in [0.15, 0.2) is 5.58 Å². The Kier molecular flexibility index (Phi) is 2.34. The van der Waals surface area contributed by atoms with Gasteiger partial charge in [-0.05, 0) is 24.3 Å². The molecule has 0 aliphatic heterocycles. The van der Waals surface area contributed by atoms with Gasteiger partial charge in [0.25, 0.3) is 11.5 Å². The summed E-state index contributed by atoms with van der Waals surface area (Å²) in [6, 6.07) is 15.3. The van der Waals surface area contributed by atoms with Gasteiger partial charge in [0.2, 0.25) is 0 Å². The minimum absolute atomic E-state index is 0.404. The molecule has 0 N–H and O–H groups in total. The van der Waals surface area contributed by atoms with Crippen molar-refractivity contribution >= 4 is 16.9 Å². The van der Waals surface area contributed by atoms with Gasteiger partial charge in [-0.2, -0.15) is 0 Å². The number of nitrogens with zero attached hydrogens (tertiary/aromatic N) is 1. The molecule has 0 amide bonds. The van der Waals surface area contributed by atoms with Crippen molar-refractivity contribution in [2.24, 2.45) is 0 Å². The molecule has 0 unspecified atom stereocenters. The van der Waals surface area contributed by atoms with Crippen LogP contribution in [0.15, 0.2) is 63.9 Å². The Bertz CT molecular complexity index is 768. The van der Waals surface area contributed by atoms with Crippen LogP contribution in [0, 0.1) is 0 Å². The van der Waals surface area contributed by atoms with Crippen molar-refractivity contribution in [3.05, 3.63) is 70.5 Å². The third-order valence-corrected chi connectivity index (χ3v) is 2.70. The number of carbonyl (C=O) groups is 1. The molecule has 3 rings (SSSR count). The third-order valence-electron chi connectivity index (χ3n) is 2.70. The average Bonchev–Trinajstić information content (AvgIpc) is 2.77. The molecule has 0 bridgehead atoms. The van der Waals surface area contributed by atoms with Crippen LogP contribution in [-0.2, 0) is 0 Å². The number of aromatic nitrogens is 1. The molecule has 1 aromatic heterocycles. The molecule has 0 aliphatic carbocycles. The van der Waals surface area contributed by atoms with Gasteiger partial charge in [-0.25, -0.2) is 0 Å². The highest BCUT2D eigenvalue weighted by atomic mass is 16.5. The van der Waals surface area contributed by atoms with E-state index in [2.05, 4.69) is 0 Å². The lowest BCUT2D eigenvalue weighted by Crippen LogP contribution is -2.22. The number of benzene rings is 2. The standard InChI is InChI=1S/C14H9NO3/c16-13(10-6-2-1-3-7-10)15-14(17)11-8-4-5-9-12(11)18-15/h1-9H. The van der Waals surface area contributed by atoms with E-state index in [1.165, 1.54) is 0 Å². The summed E-state index contributed by atoms with van der Waals surface area (Å²) in [6.45, 7) is 0. The van der Waals surface area contributed by atoms with Crippen LogP contribution in [-0.4, -0.2) is 10.6 Å². The molecule has 0 aliphatic rings. The zero-order valence-corrected chi connectivity index (χ0v) is 9.37. The number of rotatable bonds is 1. The summed E-state index contributed by atoms with van der Waals surface area (Å²) in [5.41, 5.74) is 0.393. The molecule has 0 atom stereocenters. The van der Waals surface area contributed by atoms with E-state index in [9.17, 15) is 9.59 Å². The highest BCUT2D eigenvalue weighted by molar-refractivity contribution is 5.96. The van der Waals surface area contributed by atoms with Gasteiger partial charge in [0.05, 0.1) is 5.39 Å². The summed E-state index contributed by atoms with van der Waals surface area (Å²) in [5.74, 6) is -0.461. The van der Waals surface area contributed by atoms with E-state index in [4.69, 9.17) is 4.52 Å². The predicted octanol–water partition coefficient (Wildman–Crippen LogP) is 2.28. The van der Waals surface area contributed by atoms with Crippen molar-refractivity contribution in [3.63, 3.8) is 0 Å². The first-order valence-corrected chi connectivity index (χ1v) is 5.48. The molecule has 0 radical (unpaired) electrons. The summed E-state index contributed by atoms with van der Waals surface area (Å²) in [6.07, 6.45) is 0. The van der Waals surface area contributed by atoms with Gasteiger partial charge < -0.3 is 4.52 Å². The Morgan fingerprint density at radius 3 is 2.33 bits per heavy atom. The highest BCUT2D eigenvalue weighted by Gasteiger charge is 2.16.